The van der Waals surface area contributed by atoms with Gasteiger partial charge in [-0.25, -0.2) is 4.98 Å². The summed E-state index contributed by atoms with van der Waals surface area (Å²) in [6.45, 7) is 4.84. The third-order valence-electron chi connectivity index (χ3n) is 4.41. The lowest BCUT2D eigenvalue weighted by Crippen LogP contribution is -2.41. The molecule has 2 aromatic heterocycles. The molecule has 8 nitrogen and oxygen atoms in total. The number of amides is 1. The number of aromatic nitrogens is 4. The molecular formula is C18H20N6O2. The molecule has 3 heterocycles. The molecule has 1 aliphatic heterocycles. The van der Waals surface area contributed by atoms with Crippen LogP contribution in [-0.2, 0) is 4.74 Å². The lowest BCUT2D eigenvalue weighted by molar-refractivity contribution is 0.0383. The van der Waals surface area contributed by atoms with Crippen molar-refractivity contribution in [1.29, 1.82) is 0 Å². The van der Waals surface area contributed by atoms with Crippen molar-refractivity contribution in [3.05, 3.63) is 48.3 Å². The lowest BCUT2D eigenvalue weighted by atomic mass is 10.1. The molecule has 0 saturated carbocycles. The summed E-state index contributed by atoms with van der Waals surface area (Å²) in [5.41, 5.74) is 1.51. The average molecular weight is 352 g/mol. The van der Waals surface area contributed by atoms with E-state index < -0.39 is 0 Å². The van der Waals surface area contributed by atoms with Gasteiger partial charge in [-0.2, -0.15) is 0 Å². The number of carbonyl (C=O) groups excluding carboxylic acids is 1. The molecule has 134 valence electrons. The van der Waals surface area contributed by atoms with Crippen LogP contribution in [0.2, 0.25) is 0 Å². The van der Waals surface area contributed by atoms with E-state index in [0.717, 1.165) is 38.4 Å². The van der Waals surface area contributed by atoms with E-state index in [1.165, 1.54) is 0 Å². The second-order valence-electron chi connectivity index (χ2n) is 6.10. The van der Waals surface area contributed by atoms with Crippen LogP contribution in [0.1, 0.15) is 10.4 Å². The van der Waals surface area contributed by atoms with Crippen molar-refractivity contribution in [3.63, 3.8) is 0 Å². The second kappa shape index (κ2) is 7.59. The minimum atomic E-state index is -0.0717. The van der Waals surface area contributed by atoms with E-state index >= 15 is 0 Å². The van der Waals surface area contributed by atoms with Crippen molar-refractivity contribution in [3.8, 4) is 11.4 Å². The fourth-order valence-electron chi connectivity index (χ4n) is 2.96. The summed E-state index contributed by atoms with van der Waals surface area (Å²) < 4.78 is 7.14. The first kappa shape index (κ1) is 16.6. The Morgan fingerprint density at radius 1 is 1.15 bits per heavy atom. The molecular weight excluding hydrogens is 332 g/mol. The molecule has 0 radical (unpaired) electrons. The highest BCUT2D eigenvalue weighted by molar-refractivity contribution is 5.94. The van der Waals surface area contributed by atoms with Gasteiger partial charge in [-0.05, 0) is 18.2 Å². The Morgan fingerprint density at radius 3 is 2.77 bits per heavy atom. The molecule has 0 spiro atoms. The summed E-state index contributed by atoms with van der Waals surface area (Å²) in [4.78, 5) is 18.7. The number of hydrogen-bond donors (Lipinski definition) is 1. The molecule has 8 heteroatoms. The maximum atomic E-state index is 12.3. The summed E-state index contributed by atoms with van der Waals surface area (Å²) in [5, 5.41) is 11.2. The first-order valence-electron chi connectivity index (χ1n) is 8.66. The number of nitrogens with zero attached hydrogens (tertiary/aromatic N) is 5. The van der Waals surface area contributed by atoms with Gasteiger partial charge in [0.1, 0.15) is 0 Å². The predicted octanol–water partition coefficient (Wildman–Crippen LogP) is 0.853. The third-order valence-corrected chi connectivity index (χ3v) is 4.41. The van der Waals surface area contributed by atoms with Crippen LogP contribution in [0, 0.1) is 0 Å². The molecule has 4 rings (SSSR count). The standard InChI is InChI=1S/C18H20N6O2/c25-17(19-7-9-23-10-12-26-13-11-23)15-4-2-14(3-5-15)16-21-22-18-20-6-1-8-24(16)18/h1-6,8H,7,9-13H2,(H,19,25). The largest absolute Gasteiger partial charge is 0.379 e. The van der Waals surface area contributed by atoms with Crippen LogP contribution in [0.4, 0.5) is 0 Å². The molecule has 1 fully saturated rings. The summed E-state index contributed by atoms with van der Waals surface area (Å²) in [5.74, 6) is 1.18. The Bertz CT molecular complexity index is 886. The van der Waals surface area contributed by atoms with Crippen LogP contribution in [0.25, 0.3) is 17.2 Å². The molecule has 0 bridgehead atoms. The van der Waals surface area contributed by atoms with E-state index in [-0.39, 0.29) is 5.91 Å². The Balaban J connectivity index is 1.38. The van der Waals surface area contributed by atoms with Crippen molar-refractivity contribution in [2.24, 2.45) is 0 Å². The third kappa shape index (κ3) is 3.56. The smallest absolute Gasteiger partial charge is 0.255 e. The fraction of sp³-hybridized carbons (Fsp3) is 0.333. The van der Waals surface area contributed by atoms with Crippen LogP contribution < -0.4 is 5.32 Å². The molecule has 1 N–H and O–H groups in total. The molecule has 3 aromatic rings. The van der Waals surface area contributed by atoms with Crippen molar-refractivity contribution in [2.45, 2.75) is 0 Å². The van der Waals surface area contributed by atoms with E-state index in [0.29, 0.717) is 23.7 Å². The summed E-state index contributed by atoms with van der Waals surface area (Å²) >= 11 is 0. The van der Waals surface area contributed by atoms with Gasteiger partial charge < -0.3 is 10.1 Å². The van der Waals surface area contributed by atoms with Crippen molar-refractivity contribution < 1.29 is 9.53 Å². The Hall–Kier alpha value is -2.84. The molecule has 1 aliphatic rings. The van der Waals surface area contributed by atoms with E-state index in [9.17, 15) is 4.79 Å². The summed E-state index contributed by atoms with van der Waals surface area (Å²) in [6, 6.07) is 9.19. The molecule has 1 amide bonds. The maximum absolute atomic E-state index is 12.3. The van der Waals surface area contributed by atoms with Gasteiger partial charge in [-0.1, -0.05) is 12.1 Å². The van der Waals surface area contributed by atoms with Crippen molar-refractivity contribution in [1.82, 2.24) is 29.8 Å². The highest BCUT2D eigenvalue weighted by Crippen LogP contribution is 2.18. The minimum Gasteiger partial charge on any atom is -0.379 e. The van der Waals surface area contributed by atoms with Gasteiger partial charge in [0.15, 0.2) is 5.82 Å². The SMILES string of the molecule is O=C(NCCN1CCOCC1)c1ccc(-c2nnc3ncccn23)cc1. The van der Waals surface area contributed by atoms with E-state index in [2.05, 4.69) is 25.4 Å². The highest BCUT2D eigenvalue weighted by atomic mass is 16.5. The normalized spacial score (nSPS) is 15.2. The highest BCUT2D eigenvalue weighted by Gasteiger charge is 2.12. The molecule has 26 heavy (non-hydrogen) atoms. The van der Waals surface area contributed by atoms with Crippen LogP contribution in [0.3, 0.4) is 0 Å². The molecule has 0 aliphatic carbocycles. The van der Waals surface area contributed by atoms with Gasteiger partial charge in [-0.3, -0.25) is 14.1 Å². The van der Waals surface area contributed by atoms with Crippen LogP contribution in [0.15, 0.2) is 42.7 Å². The first-order chi connectivity index (χ1) is 12.8. The molecule has 0 atom stereocenters. The van der Waals surface area contributed by atoms with E-state index in [1.54, 1.807) is 18.3 Å². The van der Waals surface area contributed by atoms with Crippen molar-refractivity contribution >= 4 is 11.7 Å². The summed E-state index contributed by atoms with van der Waals surface area (Å²) in [7, 11) is 0. The number of nitrogens with one attached hydrogen (secondary N) is 1. The number of hydrogen-bond acceptors (Lipinski definition) is 6. The van der Waals surface area contributed by atoms with Crippen LogP contribution >= 0.6 is 0 Å². The van der Waals surface area contributed by atoms with Gasteiger partial charge in [0, 0.05) is 49.7 Å². The minimum absolute atomic E-state index is 0.0717. The first-order valence-corrected chi connectivity index (χ1v) is 8.66. The number of carbonyl (C=O) groups is 1. The zero-order valence-electron chi connectivity index (χ0n) is 14.3. The van der Waals surface area contributed by atoms with Gasteiger partial charge >= 0.3 is 0 Å². The lowest BCUT2D eigenvalue weighted by Gasteiger charge is -2.26. The van der Waals surface area contributed by atoms with Crippen molar-refractivity contribution in [2.75, 3.05) is 39.4 Å². The van der Waals surface area contributed by atoms with E-state index in [1.807, 2.05) is 28.8 Å². The van der Waals surface area contributed by atoms with Gasteiger partial charge in [0.05, 0.1) is 13.2 Å². The average Bonchev–Trinajstić information content (AvgIpc) is 3.13. The molecule has 1 saturated heterocycles. The predicted molar refractivity (Wildman–Crippen MR) is 95.8 cm³/mol. The monoisotopic (exact) mass is 352 g/mol. The maximum Gasteiger partial charge on any atom is 0.255 e. The van der Waals surface area contributed by atoms with Gasteiger partial charge in [0.2, 0.25) is 0 Å². The number of morpholine rings is 1. The quantitative estimate of drug-likeness (QED) is 0.733. The van der Waals surface area contributed by atoms with Gasteiger partial charge in [-0.15, -0.1) is 10.2 Å². The fourth-order valence-corrected chi connectivity index (χ4v) is 2.96. The van der Waals surface area contributed by atoms with Gasteiger partial charge in [0.25, 0.3) is 11.7 Å². The molecule has 0 unspecified atom stereocenters. The second-order valence-corrected chi connectivity index (χ2v) is 6.10. The Morgan fingerprint density at radius 2 is 1.96 bits per heavy atom. The Kier molecular flexibility index (Phi) is 4.85. The number of benzene rings is 1. The number of fused-ring (bicyclic) bond motifs is 1. The number of ether oxygens (including phenoxy) is 1. The van der Waals surface area contributed by atoms with Crippen LogP contribution in [-0.4, -0.2) is 69.8 Å². The van der Waals surface area contributed by atoms with E-state index in [4.69, 9.17) is 4.74 Å². The Labute approximate surface area is 150 Å². The topological polar surface area (TPSA) is 84.7 Å². The zero-order valence-corrected chi connectivity index (χ0v) is 14.3. The number of rotatable bonds is 5. The molecule has 1 aromatic carbocycles. The summed E-state index contributed by atoms with van der Waals surface area (Å²) in [6.07, 6.45) is 3.54. The van der Waals surface area contributed by atoms with Crippen LogP contribution in [0.5, 0.6) is 0 Å². The zero-order chi connectivity index (χ0) is 17.8.